The van der Waals surface area contributed by atoms with Gasteiger partial charge in [0.2, 0.25) is 0 Å². The highest BCUT2D eigenvalue weighted by Crippen LogP contribution is 2.12. The molecule has 8 nitrogen and oxygen atoms in total. The van der Waals surface area contributed by atoms with E-state index in [1.54, 1.807) is 25.5 Å². The molecule has 2 aromatic carbocycles. The monoisotopic (exact) mass is 452 g/mol. The lowest BCUT2D eigenvalue weighted by Gasteiger charge is -2.33. The number of morpholine rings is 1. The molecule has 2 aromatic rings. The fourth-order valence-electron chi connectivity index (χ4n) is 3.66. The van der Waals surface area contributed by atoms with Gasteiger partial charge in [-0.2, -0.15) is 5.10 Å². The van der Waals surface area contributed by atoms with Crippen LogP contribution in [0.25, 0.3) is 0 Å². The quantitative estimate of drug-likeness (QED) is 0.310. The van der Waals surface area contributed by atoms with Gasteiger partial charge < -0.3 is 14.8 Å². The number of ether oxygens (including phenoxy) is 2. The first-order chi connectivity index (χ1) is 16.2. The van der Waals surface area contributed by atoms with Crippen molar-refractivity contribution in [2.75, 3.05) is 40.0 Å². The maximum Gasteiger partial charge on any atom is 0.257 e. The van der Waals surface area contributed by atoms with E-state index in [0.29, 0.717) is 44.8 Å². The third-order valence-electron chi connectivity index (χ3n) is 5.52. The molecular weight excluding hydrogens is 420 g/mol. The number of carbonyl (C=O) groups is 2. The van der Waals surface area contributed by atoms with Crippen molar-refractivity contribution in [1.29, 1.82) is 0 Å². The Morgan fingerprint density at radius 2 is 1.82 bits per heavy atom. The average molecular weight is 453 g/mol. The summed E-state index contributed by atoms with van der Waals surface area (Å²) < 4.78 is 10.6. The van der Waals surface area contributed by atoms with Crippen LogP contribution in [0.4, 0.5) is 0 Å². The Morgan fingerprint density at radius 3 is 2.52 bits per heavy atom. The maximum absolute atomic E-state index is 12.9. The number of hydrazone groups is 1. The van der Waals surface area contributed by atoms with Crippen molar-refractivity contribution >= 4 is 18.0 Å². The van der Waals surface area contributed by atoms with E-state index >= 15 is 0 Å². The van der Waals surface area contributed by atoms with Crippen molar-refractivity contribution in [3.63, 3.8) is 0 Å². The molecule has 0 aromatic heterocycles. The van der Waals surface area contributed by atoms with E-state index in [1.807, 2.05) is 42.5 Å². The minimum atomic E-state index is -0.285. The molecule has 1 saturated heterocycles. The number of benzene rings is 2. The van der Waals surface area contributed by atoms with Gasteiger partial charge in [-0.15, -0.1) is 0 Å². The summed E-state index contributed by atoms with van der Waals surface area (Å²) >= 11 is 0. The summed E-state index contributed by atoms with van der Waals surface area (Å²) in [7, 11) is 1.62. The first-order valence-electron chi connectivity index (χ1n) is 11.3. The van der Waals surface area contributed by atoms with E-state index in [-0.39, 0.29) is 17.9 Å². The lowest BCUT2D eigenvalue weighted by molar-refractivity contribution is -0.128. The van der Waals surface area contributed by atoms with E-state index in [1.165, 1.54) is 0 Å². The number of nitrogens with zero attached hydrogens (tertiary/aromatic N) is 2. The largest absolute Gasteiger partial charge is 0.497 e. The van der Waals surface area contributed by atoms with Crippen LogP contribution < -0.4 is 15.5 Å². The molecule has 0 bridgehead atoms. The fourth-order valence-corrected chi connectivity index (χ4v) is 3.66. The average Bonchev–Trinajstić information content (AvgIpc) is 2.87. The number of hydrogen-bond donors (Lipinski definition) is 2. The molecule has 1 heterocycles. The summed E-state index contributed by atoms with van der Waals surface area (Å²) in [4.78, 5) is 27.2. The predicted octanol–water partition coefficient (Wildman–Crippen LogP) is 2.45. The molecule has 0 unspecified atom stereocenters. The van der Waals surface area contributed by atoms with Crippen LogP contribution in [0.2, 0.25) is 0 Å². The predicted molar refractivity (Wildman–Crippen MR) is 128 cm³/mol. The first kappa shape index (κ1) is 24.4. The fraction of sp³-hybridized carbons (Fsp3) is 0.400. The SMILES string of the molecule is COc1ccc(/C=N/NC(=O)[C@H](CCCCNC(=O)c2ccccc2)N2CCOCC2)cc1. The van der Waals surface area contributed by atoms with Crippen LogP contribution in [-0.2, 0) is 9.53 Å². The zero-order chi connectivity index (χ0) is 23.3. The van der Waals surface area contributed by atoms with Gasteiger partial charge in [0.15, 0.2) is 0 Å². The highest BCUT2D eigenvalue weighted by atomic mass is 16.5. The van der Waals surface area contributed by atoms with E-state index < -0.39 is 0 Å². The van der Waals surface area contributed by atoms with Crippen molar-refractivity contribution in [2.45, 2.75) is 25.3 Å². The molecule has 0 radical (unpaired) electrons. The number of nitrogens with one attached hydrogen (secondary N) is 2. The molecule has 0 aliphatic carbocycles. The van der Waals surface area contributed by atoms with E-state index in [2.05, 4.69) is 20.7 Å². The molecular formula is C25H32N4O4. The van der Waals surface area contributed by atoms with Crippen LogP contribution >= 0.6 is 0 Å². The van der Waals surface area contributed by atoms with Crippen LogP contribution in [0.1, 0.15) is 35.2 Å². The molecule has 33 heavy (non-hydrogen) atoms. The molecule has 3 rings (SSSR count). The van der Waals surface area contributed by atoms with Gasteiger partial charge in [0, 0.05) is 25.2 Å². The molecule has 2 N–H and O–H groups in total. The first-order valence-corrected chi connectivity index (χ1v) is 11.3. The third kappa shape index (κ3) is 8.00. The summed E-state index contributed by atoms with van der Waals surface area (Å²) in [6, 6.07) is 16.3. The minimum absolute atomic E-state index is 0.0778. The Morgan fingerprint density at radius 1 is 1.09 bits per heavy atom. The Bertz CT molecular complexity index is 896. The smallest absolute Gasteiger partial charge is 0.257 e. The van der Waals surface area contributed by atoms with E-state index in [4.69, 9.17) is 9.47 Å². The summed E-state index contributed by atoms with van der Waals surface area (Å²) in [5.74, 6) is 0.560. The Kier molecular flexibility index (Phi) is 9.87. The molecule has 2 amide bonds. The van der Waals surface area contributed by atoms with Gasteiger partial charge >= 0.3 is 0 Å². The van der Waals surface area contributed by atoms with Crippen LogP contribution in [-0.4, -0.2) is 68.9 Å². The van der Waals surface area contributed by atoms with Gasteiger partial charge in [-0.1, -0.05) is 18.2 Å². The Hall–Kier alpha value is -3.23. The van der Waals surface area contributed by atoms with Gasteiger partial charge in [0.1, 0.15) is 5.75 Å². The molecule has 8 heteroatoms. The van der Waals surface area contributed by atoms with Crippen molar-refractivity contribution in [3.8, 4) is 5.75 Å². The van der Waals surface area contributed by atoms with Gasteiger partial charge in [-0.3, -0.25) is 14.5 Å². The lowest BCUT2D eigenvalue weighted by Crippen LogP contribution is -2.50. The highest BCUT2D eigenvalue weighted by molar-refractivity contribution is 5.94. The summed E-state index contributed by atoms with van der Waals surface area (Å²) in [5, 5.41) is 7.07. The second-order valence-electron chi connectivity index (χ2n) is 7.79. The van der Waals surface area contributed by atoms with E-state index in [9.17, 15) is 9.59 Å². The zero-order valence-electron chi connectivity index (χ0n) is 19.0. The van der Waals surface area contributed by atoms with Gasteiger partial charge in [-0.05, 0) is 61.2 Å². The Balaban J connectivity index is 1.47. The second-order valence-corrected chi connectivity index (χ2v) is 7.79. The number of carbonyl (C=O) groups excluding carboxylic acids is 2. The minimum Gasteiger partial charge on any atom is -0.497 e. The van der Waals surface area contributed by atoms with Crippen LogP contribution in [0.5, 0.6) is 5.75 Å². The summed E-state index contributed by atoms with van der Waals surface area (Å²) in [6.45, 7) is 3.23. The number of hydrogen-bond acceptors (Lipinski definition) is 6. The van der Waals surface area contributed by atoms with Gasteiger partial charge in [-0.25, -0.2) is 5.43 Å². The van der Waals surface area contributed by atoms with Gasteiger partial charge in [0.05, 0.1) is 32.6 Å². The second kappa shape index (κ2) is 13.3. The molecule has 1 fully saturated rings. The maximum atomic E-state index is 12.9. The number of methoxy groups -OCH3 is 1. The highest BCUT2D eigenvalue weighted by Gasteiger charge is 2.26. The Labute approximate surface area is 195 Å². The van der Waals surface area contributed by atoms with E-state index in [0.717, 1.165) is 24.2 Å². The van der Waals surface area contributed by atoms with Crippen molar-refractivity contribution < 1.29 is 19.1 Å². The van der Waals surface area contributed by atoms with Crippen LogP contribution in [0.15, 0.2) is 59.7 Å². The van der Waals surface area contributed by atoms with Crippen LogP contribution in [0.3, 0.4) is 0 Å². The topological polar surface area (TPSA) is 92.3 Å². The van der Waals surface area contributed by atoms with Crippen molar-refractivity contribution in [1.82, 2.24) is 15.6 Å². The lowest BCUT2D eigenvalue weighted by atomic mass is 10.1. The van der Waals surface area contributed by atoms with Gasteiger partial charge in [0.25, 0.3) is 11.8 Å². The molecule has 1 atom stereocenters. The standard InChI is InChI=1S/C25H32N4O4/c1-32-22-12-10-20(11-13-22)19-27-28-25(31)23(29-15-17-33-18-16-29)9-5-6-14-26-24(30)21-7-3-2-4-8-21/h2-4,7-8,10-13,19,23H,5-6,9,14-18H2,1H3,(H,26,30)(H,28,31)/b27-19+/t23-/m0/s1. The molecule has 1 aliphatic rings. The molecule has 1 aliphatic heterocycles. The summed E-state index contributed by atoms with van der Waals surface area (Å²) in [6.07, 6.45) is 3.91. The number of unbranched alkanes of at least 4 members (excludes halogenated alkanes) is 1. The molecule has 176 valence electrons. The van der Waals surface area contributed by atoms with Crippen molar-refractivity contribution in [3.05, 3.63) is 65.7 Å². The summed E-state index contributed by atoms with van der Waals surface area (Å²) in [5.41, 5.74) is 4.20. The van der Waals surface area contributed by atoms with Crippen LogP contribution in [0, 0.1) is 0 Å². The molecule has 0 saturated carbocycles. The molecule has 0 spiro atoms. The number of amides is 2. The third-order valence-corrected chi connectivity index (χ3v) is 5.52. The number of rotatable bonds is 11. The zero-order valence-corrected chi connectivity index (χ0v) is 19.0. The van der Waals surface area contributed by atoms with Crippen molar-refractivity contribution in [2.24, 2.45) is 5.10 Å². The normalized spacial score (nSPS) is 15.2.